The molecule has 5 heteroatoms. The number of carbonyl (C=O) groups is 1. The van der Waals surface area contributed by atoms with Crippen LogP contribution in [-0.4, -0.2) is 35.9 Å². The van der Waals surface area contributed by atoms with Gasteiger partial charge in [-0.1, -0.05) is 29.8 Å². The minimum atomic E-state index is -0.462. The molecule has 134 valence electrons. The molecule has 0 aliphatic carbocycles. The summed E-state index contributed by atoms with van der Waals surface area (Å²) in [4.78, 5) is 13.9. The van der Waals surface area contributed by atoms with Crippen LogP contribution in [0.15, 0.2) is 36.0 Å². The highest BCUT2D eigenvalue weighted by molar-refractivity contribution is 6.08. The fraction of sp³-hybridized carbons (Fsp3) is 0.400. The largest absolute Gasteiger partial charge is 0.444 e. The van der Waals surface area contributed by atoms with E-state index in [1.807, 2.05) is 45.0 Å². The Balaban J connectivity index is 2.02. The van der Waals surface area contributed by atoms with Gasteiger partial charge in [-0.25, -0.2) is 4.79 Å². The van der Waals surface area contributed by atoms with Crippen molar-refractivity contribution in [1.82, 2.24) is 4.90 Å². The Morgan fingerprint density at radius 2 is 1.96 bits per heavy atom. The Hall–Kier alpha value is -2.56. The molecule has 1 aliphatic heterocycles. The van der Waals surface area contributed by atoms with Crippen molar-refractivity contribution in [2.75, 3.05) is 13.1 Å². The molecule has 1 amide bonds. The number of hydrogen-bond donors (Lipinski definition) is 2. The zero-order chi connectivity index (χ0) is 18.4. The number of benzene rings is 1. The van der Waals surface area contributed by atoms with Crippen molar-refractivity contribution in [1.29, 1.82) is 5.41 Å². The van der Waals surface area contributed by atoms with Crippen molar-refractivity contribution in [3.8, 4) is 0 Å². The number of allylic oxidation sites excluding steroid dienone is 1. The van der Waals surface area contributed by atoms with Crippen molar-refractivity contribution < 1.29 is 9.53 Å². The quantitative estimate of drug-likeness (QED) is 0.814. The van der Waals surface area contributed by atoms with Gasteiger partial charge in [-0.2, -0.15) is 0 Å². The summed E-state index contributed by atoms with van der Waals surface area (Å²) < 4.78 is 5.43. The molecule has 1 heterocycles. The van der Waals surface area contributed by atoms with Crippen LogP contribution in [0.2, 0.25) is 0 Å². The Morgan fingerprint density at radius 1 is 1.28 bits per heavy atom. The van der Waals surface area contributed by atoms with Crippen LogP contribution in [0.25, 0.3) is 11.6 Å². The van der Waals surface area contributed by atoms with E-state index < -0.39 is 5.60 Å². The van der Waals surface area contributed by atoms with Crippen molar-refractivity contribution in [2.45, 2.75) is 39.2 Å². The highest BCUT2D eigenvalue weighted by atomic mass is 16.6. The molecule has 1 fully saturated rings. The Kier molecular flexibility index (Phi) is 6.02. The lowest BCUT2D eigenvalue weighted by Gasteiger charge is -2.31. The first kappa shape index (κ1) is 18.8. The monoisotopic (exact) mass is 341 g/mol. The number of nitrogens with one attached hydrogen (secondary N) is 1. The highest BCUT2D eigenvalue weighted by Gasteiger charge is 2.24. The molecule has 5 nitrogen and oxygen atoms in total. The molecule has 3 N–H and O–H groups in total. The first-order chi connectivity index (χ1) is 11.8. The van der Waals surface area contributed by atoms with Crippen molar-refractivity contribution in [2.24, 2.45) is 5.73 Å². The molecular weight excluding hydrogens is 314 g/mol. The van der Waals surface area contributed by atoms with Crippen LogP contribution in [0.1, 0.15) is 44.7 Å². The van der Waals surface area contributed by atoms with E-state index in [4.69, 9.17) is 15.9 Å². The molecule has 0 bridgehead atoms. The van der Waals surface area contributed by atoms with E-state index in [2.05, 4.69) is 6.08 Å². The predicted octanol–water partition coefficient (Wildman–Crippen LogP) is 4.05. The first-order valence-corrected chi connectivity index (χ1v) is 8.52. The average Bonchev–Trinajstić information content (AvgIpc) is 2.55. The summed E-state index contributed by atoms with van der Waals surface area (Å²) >= 11 is 0. The second-order valence-electron chi connectivity index (χ2n) is 7.16. The lowest BCUT2D eigenvalue weighted by molar-refractivity contribution is 0.0237. The van der Waals surface area contributed by atoms with E-state index in [1.165, 1.54) is 18.0 Å². The number of amides is 1. The van der Waals surface area contributed by atoms with Crippen molar-refractivity contribution in [3.05, 3.63) is 47.2 Å². The van der Waals surface area contributed by atoms with E-state index in [1.54, 1.807) is 4.90 Å². The molecule has 2 rings (SSSR count). The first-order valence-electron chi connectivity index (χ1n) is 8.52. The number of nitrogens with zero attached hydrogens (tertiary/aromatic N) is 1. The van der Waals surface area contributed by atoms with Gasteiger partial charge in [0.25, 0.3) is 0 Å². The summed E-state index contributed by atoms with van der Waals surface area (Å²) in [6.45, 7) is 6.99. The van der Waals surface area contributed by atoms with Crippen LogP contribution in [0, 0.1) is 5.41 Å². The number of carbonyl (C=O) groups excluding carboxylic acids is 1. The Morgan fingerprint density at radius 3 is 2.52 bits per heavy atom. The molecule has 1 aromatic rings. The van der Waals surface area contributed by atoms with E-state index >= 15 is 0 Å². The van der Waals surface area contributed by atoms with Gasteiger partial charge in [0.1, 0.15) is 5.60 Å². The normalized spacial score (nSPS) is 15.7. The smallest absolute Gasteiger partial charge is 0.410 e. The molecule has 0 radical (unpaired) electrons. The summed E-state index contributed by atoms with van der Waals surface area (Å²) in [5.41, 5.74) is 9.11. The van der Waals surface area contributed by atoms with Gasteiger partial charge in [0, 0.05) is 31.1 Å². The third-order valence-corrected chi connectivity index (χ3v) is 3.98. The van der Waals surface area contributed by atoms with E-state index in [-0.39, 0.29) is 6.09 Å². The number of hydrogen-bond acceptors (Lipinski definition) is 4. The van der Waals surface area contributed by atoms with Gasteiger partial charge in [-0.15, -0.1) is 0 Å². The minimum absolute atomic E-state index is 0.239. The van der Waals surface area contributed by atoms with Gasteiger partial charge in [-0.05, 0) is 50.8 Å². The fourth-order valence-corrected chi connectivity index (χ4v) is 2.72. The van der Waals surface area contributed by atoms with Gasteiger partial charge >= 0.3 is 6.09 Å². The molecule has 0 saturated carbocycles. The summed E-state index contributed by atoms with van der Waals surface area (Å²) in [6.07, 6.45) is 6.30. The molecule has 1 saturated heterocycles. The van der Waals surface area contributed by atoms with Crippen molar-refractivity contribution >= 4 is 24.0 Å². The van der Waals surface area contributed by atoms with Crippen LogP contribution in [0.3, 0.4) is 0 Å². The minimum Gasteiger partial charge on any atom is -0.444 e. The lowest BCUT2D eigenvalue weighted by atomic mass is 9.99. The van der Waals surface area contributed by atoms with E-state index in [0.717, 1.165) is 24.0 Å². The molecule has 1 aliphatic rings. The van der Waals surface area contributed by atoms with Gasteiger partial charge in [-0.3, -0.25) is 0 Å². The second-order valence-corrected chi connectivity index (χ2v) is 7.16. The summed E-state index contributed by atoms with van der Waals surface area (Å²) in [5, 5.41) is 7.41. The van der Waals surface area contributed by atoms with Crippen LogP contribution in [-0.2, 0) is 4.74 Å². The van der Waals surface area contributed by atoms with Crippen LogP contribution in [0.5, 0.6) is 0 Å². The molecule has 1 aromatic carbocycles. The summed E-state index contributed by atoms with van der Waals surface area (Å²) in [7, 11) is 0. The Labute approximate surface area is 149 Å². The van der Waals surface area contributed by atoms with Crippen molar-refractivity contribution in [3.63, 3.8) is 0 Å². The predicted molar refractivity (Wildman–Crippen MR) is 102 cm³/mol. The molecule has 0 aromatic heterocycles. The highest BCUT2D eigenvalue weighted by Crippen LogP contribution is 2.22. The molecule has 0 spiro atoms. The van der Waals surface area contributed by atoms with Gasteiger partial charge in [0.15, 0.2) is 0 Å². The molecule has 25 heavy (non-hydrogen) atoms. The number of ether oxygens (including phenoxy) is 1. The molecule has 0 unspecified atom stereocenters. The molecular formula is C20H27N3O2. The second kappa shape index (κ2) is 8.01. The third-order valence-electron chi connectivity index (χ3n) is 3.98. The summed E-state index contributed by atoms with van der Waals surface area (Å²) in [5.74, 6) is 0. The van der Waals surface area contributed by atoms with E-state index in [9.17, 15) is 4.79 Å². The lowest BCUT2D eigenvalue weighted by Crippen LogP contribution is -2.40. The average molecular weight is 341 g/mol. The maximum absolute atomic E-state index is 12.1. The SMILES string of the molecule is CC(C)(C)OC(=O)N1CCC(=Cc2cccc(/C(C=N)=C/N)c2)CC1. The third kappa shape index (κ3) is 5.48. The zero-order valence-electron chi connectivity index (χ0n) is 15.2. The van der Waals surface area contributed by atoms with E-state index in [0.29, 0.717) is 18.7 Å². The number of nitrogens with two attached hydrogens (primary N) is 1. The standard InChI is InChI=1S/C20H27N3O2/c1-20(2,3)25-19(24)23-9-7-15(8-10-23)11-16-5-4-6-17(12-16)18(13-21)14-22/h4-6,11-14,21H,7-10,22H2,1-3H3/b18-14+,21-13?. The maximum Gasteiger partial charge on any atom is 0.410 e. The number of rotatable bonds is 3. The fourth-order valence-electron chi connectivity index (χ4n) is 2.72. The van der Waals surface area contributed by atoms with Crippen LogP contribution >= 0.6 is 0 Å². The Bertz CT molecular complexity index is 689. The van der Waals surface area contributed by atoms with Crippen LogP contribution < -0.4 is 5.73 Å². The molecule has 0 atom stereocenters. The number of likely N-dealkylation sites (tertiary alicyclic amines) is 1. The zero-order valence-corrected chi connectivity index (χ0v) is 15.2. The number of piperidine rings is 1. The summed E-state index contributed by atoms with van der Waals surface area (Å²) in [6, 6.07) is 7.97. The van der Waals surface area contributed by atoms with Gasteiger partial charge < -0.3 is 20.8 Å². The van der Waals surface area contributed by atoms with Gasteiger partial charge in [0.05, 0.1) is 0 Å². The van der Waals surface area contributed by atoms with Gasteiger partial charge in [0.2, 0.25) is 0 Å². The maximum atomic E-state index is 12.1. The van der Waals surface area contributed by atoms with Crippen LogP contribution in [0.4, 0.5) is 4.79 Å². The topological polar surface area (TPSA) is 79.4 Å².